The number of benzene rings is 2. The fourth-order valence-corrected chi connectivity index (χ4v) is 6.66. The van der Waals surface area contributed by atoms with Gasteiger partial charge in [0.15, 0.2) is 6.04 Å². The predicted molar refractivity (Wildman–Crippen MR) is 201 cm³/mol. The van der Waals surface area contributed by atoms with Gasteiger partial charge in [0.05, 0.1) is 11.7 Å². The average Bonchev–Trinajstić information content (AvgIpc) is 3.33. The van der Waals surface area contributed by atoms with E-state index < -0.39 is 65.3 Å². The Labute approximate surface area is 311 Å². The molecule has 0 fully saturated rings. The van der Waals surface area contributed by atoms with Gasteiger partial charge in [-0.1, -0.05) is 69.3 Å². The highest BCUT2D eigenvalue weighted by Crippen LogP contribution is 2.44. The van der Waals surface area contributed by atoms with E-state index in [1.54, 1.807) is 48.5 Å². The van der Waals surface area contributed by atoms with Crippen LogP contribution >= 0.6 is 11.8 Å². The number of ether oxygens (including phenoxy) is 3. The van der Waals surface area contributed by atoms with Crippen LogP contribution in [0.2, 0.25) is 0 Å². The number of hydrogen-bond donors (Lipinski definition) is 4. The van der Waals surface area contributed by atoms with Gasteiger partial charge in [-0.05, 0) is 77.1 Å². The first-order chi connectivity index (χ1) is 24.0. The van der Waals surface area contributed by atoms with Gasteiger partial charge in [0, 0.05) is 22.8 Å². The molecule has 0 unspecified atom stereocenters. The Bertz CT molecular complexity index is 1550. The molecule has 1 aliphatic carbocycles. The number of aliphatic carboxylic acids is 1. The number of hydrogen-bond acceptors (Lipinski definition) is 9. The lowest BCUT2D eigenvalue weighted by Crippen LogP contribution is -2.59. The van der Waals surface area contributed by atoms with E-state index in [-0.39, 0.29) is 35.9 Å². The minimum absolute atomic E-state index is 0.00108. The van der Waals surface area contributed by atoms with Crippen molar-refractivity contribution in [2.75, 3.05) is 12.4 Å². The van der Waals surface area contributed by atoms with Gasteiger partial charge in [-0.3, -0.25) is 14.4 Å². The maximum atomic E-state index is 13.9. The molecule has 4 N–H and O–H groups in total. The van der Waals surface area contributed by atoms with Gasteiger partial charge >= 0.3 is 18.0 Å². The molecule has 0 spiro atoms. The number of fused-ring (bicyclic) bond motifs is 3. The van der Waals surface area contributed by atoms with Crippen molar-refractivity contribution in [3.05, 3.63) is 59.7 Å². The summed E-state index contributed by atoms with van der Waals surface area (Å²) in [7, 11) is 0. The van der Waals surface area contributed by atoms with E-state index in [1.807, 2.05) is 69.3 Å². The molecular formula is C39H55N3O9S. The van der Waals surface area contributed by atoms with Crippen LogP contribution in [-0.4, -0.2) is 87.5 Å². The molecule has 0 radical (unpaired) electrons. The van der Waals surface area contributed by atoms with Crippen LogP contribution in [0.15, 0.2) is 48.5 Å². The number of alkyl carbamates (subject to hydrolysis) is 1. The molecule has 4 atom stereocenters. The van der Waals surface area contributed by atoms with Gasteiger partial charge in [0.2, 0.25) is 11.8 Å². The fourth-order valence-electron chi connectivity index (χ4n) is 5.75. The van der Waals surface area contributed by atoms with E-state index in [2.05, 4.69) is 16.0 Å². The van der Waals surface area contributed by atoms with Gasteiger partial charge < -0.3 is 35.3 Å². The average molecular weight is 742 g/mol. The Morgan fingerprint density at radius 2 is 1.31 bits per heavy atom. The molecule has 0 saturated heterocycles. The number of esters is 1. The number of rotatable bonds is 15. The van der Waals surface area contributed by atoms with Gasteiger partial charge in [-0.25, -0.2) is 9.59 Å². The molecule has 3 amide bonds. The van der Waals surface area contributed by atoms with Crippen molar-refractivity contribution in [3.8, 4) is 11.1 Å². The number of nitrogens with one attached hydrogen (secondary N) is 3. The molecule has 3 rings (SSSR count). The number of carbonyl (C=O) groups excluding carboxylic acids is 4. The third-order valence-electron chi connectivity index (χ3n) is 7.90. The van der Waals surface area contributed by atoms with E-state index in [4.69, 9.17) is 14.2 Å². The number of carboxylic acid groups (broad SMARTS) is 1. The summed E-state index contributed by atoms with van der Waals surface area (Å²) in [6.45, 7) is 17.8. The summed E-state index contributed by atoms with van der Waals surface area (Å²) in [4.78, 5) is 65.7. The second kappa shape index (κ2) is 17.6. The molecule has 12 nitrogen and oxygen atoms in total. The lowest BCUT2D eigenvalue weighted by Gasteiger charge is -2.31. The highest BCUT2D eigenvalue weighted by atomic mass is 32.2. The molecular weight excluding hydrogens is 687 g/mol. The first-order valence-electron chi connectivity index (χ1n) is 17.5. The summed E-state index contributed by atoms with van der Waals surface area (Å²) in [5.74, 6) is -3.50. The minimum Gasteiger partial charge on any atom is -0.480 e. The van der Waals surface area contributed by atoms with Crippen molar-refractivity contribution in [2.45, 2.75) is 128 Å². The van der Waals surface area contributed by atoms with Crippen molar-refractivity contribution < 1.29 is 43.3 Å². The summed E-state index contributed by atoms with van der Waals surface area (Å²) in [6.07, 6.45) is -2.14. The first kappa shape index (κ1) is 42.3. The molecule has 0 saturated carbocycles. The second-order valence-corrected chi connectivity index (χ2v) is 17.7. The van der Waals surface area contributed by atoms with Gasteiger partial charge in [-0.15, -0.1) is 0 Å². The second-order valence-electron chi connectivity index (χ2n) is 15.9. The zero-order valence-electron chi connectivity index (χ0n) is 32.0. The third kappa shape index (κ3) is 13.1. The number of carboxylic acids is 1. The Morgan fingerprint density at radius 1 is 0.769 bits per heavy atom. The quantitative estimate of drug-likeness (QED) is 0.164. The van der Waals surface area contributed by atoms with Crippen LogP contribution in [0.3, 0.4) is 0 Å². The van der Waals surface area contributed by atoms with Gasteiger partial charge in [0.1, 0.15) is 24.3 Å². The molecule has 13 heteroatoms. The standard InChI is InChI=1S/C39H55N3O9S/c1-23(50-37(2,3)4)32(35(46)47)42-34(45)30(22-52-39(8,9)10)40-33(44)29(19-20-31(43)51-38(5,6)7)41-36(48)49-21-28-26-17-13-11-15-24(26)25-16-12-14-18-27(25)28/h11-18,23,28-30,32H,19-22H2,1-10H3,(H,40,44)(H,41,48)(H,42,45)(H,46,47)/t23-,29-,30-,32-/m1/s1. The molecule has 0 bridgehead atoms. The van der Waals surface area contributed by atoms with Crippen LogP contribution in [0.25, 0.3) is 11.1 Å². The SMILES string of the molecule is C[C@@H](OC(C)(C)C)[C@@H](NC(=O)[C@@H](CSC(C)(C)C)NC(=O)[C@@H](CCC(=O)OC(C)(C)C)NC(=O)OCC1c2ccccc2-c2ccccc21)C(=O)O. The summed E-state index contributed by atoms with van der Waals surface area (Å²) in [5.41, 5.74) is 2.70. The van der Waals surface area contributed by atoms with Gasteiger partial charge in [-0.2, -0.15) is 11.8 Å². The molecule has 52 heavy (non-hydrogen) atoms. The topological polar surface area (TPSA) is 169 Å². The summed E-state index contributed by atoms with van der Waals surface area (Å²) in [5, 5.41) is 17.8. The van der Waals surface area contributed by atoms with Crippen molar-refractivity contribution in [2.24, 2.45) is 0 Å². The molecule has 0 aromatic heterocycles. The highest BCUT2D eigenvalue weighted by molar-refractivity contribution is 8.00. The minimum atomic E-state index is -1.41. The highest BCUT2D eigenvalue weighted by Gasteiger charge is 2.35. The van der Waals surface area contributed by atoms with Crippen LogP contribution in [0.4, 0.5) is 4.79 Å². The largest absolute Gasteiger partial charge is 0.480 e. The van der Waals surface area contributed by atoms with Crippen molar-refractivity contribution in [1.29, 1.82) is 0 Å². The van der Waals surface area contributed by atoms with Crippen LogP contribution in [-0.2, 0) is 33.4 Å². The van der Waals surface area contributed by atoms with E-state index in [0.717, 1.165) is 22.3 Å². The van der Waals surface area contributed by atoms with Crippen LogP contribution in [0.1, 0.15) is 99.1 Å². The first-order valence-corrected chi connectivity index (χ1v) is 18.5. The lowest BCUT2D eigenvalue weighted by molar-refractivity contribution is -0.155. The van der Waals surface area contributed by atoms with E-state index in [9.17, 15) is 29.1 Å². The monoisotopic (exact) mass is 741 g/mol. The number of thioether (sulfide) groups is 1. The van der Waals surface area contributed by atoms with Crippen molar-refractivity contribution in [3.63, 3.8) is 0 Å². The maximum absolute atomic E-state index is 13.9. The number of carbonyl (C=O) groups is 5. The Kier molecular flexibility index (Phi) is 14.3. The third-order valence-corrected chi connectivity index (χ3v) is 9.26. The number of amides is 3. The molecule has 2 aromatic rings. The van der Waals surface area contributed by atoms with E-state index in [0.29, 0.717) is 0 Å². The van der Waals surface area contributed by atoms with Crippen LogP contribution in [0.5, 0.6) is 0 Å². The van der Waals surface area contributed by atoms with Crippen LogP contribution < -0.4 is 16.0 Å². The molecule has 0 heterocycles. The van der Waals surface area contributed by atoms with E-state index >= 15 is 0 Å². The molecule has 286 valence electrons. The summed E-state index contributed by atoms with van der Waals surface area (Å²) >= 11 is 1.39. The maximum Gasteiger partial charge on any atom is 0.407 e. The zero-order chi connectivity index (χ0) is 39.0. The van der Waals surface area contributed by atoms with Crippen LogP contribution in [0, 0.1) is 0 Å². The van der Waals surface area contributed by atoms with Gasteiger partial charge in [0.25, 0.3) is 0 Å². The Hall–Kier alpha value is -4.10. The van der Waals surface area contributed by atoms with Crippen molar-refractivity contribution >= 4 is 41.6 Å². The predicted octanol–water partition coefficient (Wildman–Crippen LogP) is 5.81. The normalized spacial score (nSPS) is 15.3. The summed E-state index contributed by atoms with van der Waals surface area (Å²) < 4.78 is 16.6. The Balaban J connectivity index is 1.81. The molecule has 0 aliphatic heterocycles. The zero-order valence-corrected chi connectivity index (χ0v) is 32.8. The summed E-state index contributed by atoms with van der Waals surface area (Å²) in [6, 6.07) is 11.9. The smallest absolute Gasteiger partial charge is 0.407 e. The Morgan fingerprint density at radius 3 is 1.81 bits per heavy atom. The van der Waals surface area contributed by atoms with Crippen molar-refractivity contribution in [1.82, 2.24) is 16.0 Å². The molecule has 2 aromatic carbocycles. The molecule has 1 aliphatic rings. The van der Waals surface area contributed by atoms with E-state index in [1.165, 1.54) is 11.8 Å². The lowest BCUT2D eigenvalue weighted by atomic mass is 9.98. The fraction of sp³-hybridized carbons (Fsp3) is 0.564.